The highest BCUT2D eigenvalue weighted by molar-refractivity contribution is 5.87. The fraction of sp³-hybridized carbons (Fsp3) is 0.917. The molecule has 4 heteroatoms. The van der Waals surface area contributed by atoms with Gasteiger partial charge in [-0.05, 0) is 38.0 Å². The first-order chi connectivity index (χ1) is 7.10. The molecule has 0 aromatic carbocycles. The SMILES string of the molecule is CC1CCCC(NC(=O)C2(N)CCC2)C1.Cl. The summed E-state index contributed by atoms with van der Waals surface area (Å²) >= 11 is 0. The molecular formula is C12H23ClN2O. The molecule has 0 radical (unpaired) electrons. The summed E-state index contributed by atoms with van der Waals surface area (Å²) in [4.78, 5) is 11.9. The summed E-state index contributed by atoms with van der Waals surface area (Å²) in [7, 11) is 0. The van der Waals surface area contributed by atoms with Gasteiger partial charge in [-0.3, -0.25) is 4.79 Å². The molecule has 2 fully saturated rings. The van der Waals surface area contributed by atoms with E-state index in [4.69, 9.17) is 5.73 Å². The van der Waals surface area contributed by atoms with Crippen molar-refractivity contribution in [2.75, 3.05) is 0 Å². The minimum Gasteiger partial charge on any atom is -0.352 e. The van der Waals surface area contributed by atoms with Gasteiger partial charge in [0.15, 0.2) is 0 Å². The summed E-state index contributed by atoms with van der Waals surface area (Å²) in [6.45, 7) is 2.26. The average molecular weight is 247 g/mol. The molecule has 0 aliphatic heterocycles. The van der Waals surface area contributed by atoms with E-state index in [0.717, 1.165) is 38.0 Å². The molecule has 2 atom stereocenters. The van der Waals surface area contributed by atoms with E-state index < -0.39 is 5.54 Å². The molecule has 0 saturated heterocycles. The molecular weight excluding hydrogens is 224 g/mol. The lowest BCUT2D eigenvalue weighted by Gasteiger charge is -2.38. The number of carbonyl (C=O) groups excluding carboxylic acids is 1. The lowest BCUT2D eigenvalue weighted by atomic mass is 9.76. The van der Waals surface area contributed by atoms with Gasteiger partial charge < -0.3 is 11.1 Å². The van der Waals surface area contributed by atoms with Crippen LogP contribution in [0.1, 0.15) is 51.9 Å². The molecule has 2 unspecified atom stereocenters. The molecule has 2 rings (SSSR count). The van der Waals surface area contributed by atoms with Crippen LogP contribution in [-0.2, 0) is 4.79 Å². The van der Waals surface area contributed by atoms with E-state index >= 15 is 0 Å². The van der Waals surface area contributed by atoms with Crippen LogP contribution in [-0.4, -0.2) is 17.5 Å². The summed E-state index contributed by atoms with van der Waals surface area (Å²) < 4.78 is 0. The van der Waals surface area contributed by atoms with E-state index in [1.165, 1.54) is 12.8 Å². The summed E-state index contributed by atoms with van der Waals surface area (Å²) in [6.07, 6.45) is 7.63. The van der Waals surface area contributed by atoms with Crippen LogP contribution >= 0.6 is 12.4 Å². The third-order valence-corrected chi connectivity index (χ3v) is 3.97. The number of nitrogens with one attached hydrogen (secondary N) is 1. The number of hydrogen-bond acceptors (Lipinski definition) is 2. The van der Waals surface area contributed by atoms with E-state index in [2.05, 4.69) is 12.2 Å². The minimum absolute atomic E-state index is 0. The molecule has 0 aromatic rings. The number of hydrogen-bond donors (Lipinski definition) is 2. The van der Waals surface area contributed by atoms with Gasteiger partial charge >= 0.3 is 0 Å². The van der Waals surface area contributed by atoms with Crippen molar-refractivity contribution in [1.29, 1.82) is 0 Å². The Hall–Kier alpha value is -0.280. The van der Waals surface area contributed by atoms with E-state index in [9.17, 15) is 4.79 Å². The molecule has 2 aliphatic rings. The maximum atomic E-state index is 11.9. The van der Waals surface area contributed by atoms with Gasteiger partial charge in [-0.2, -0.15) is 0 Å². The standard InChI is InChI=1S/C12H22N2O.ClH/c1-9-4-2-5-10(8-9)14-11(15)12(13)6-3-7-12;/h9-10H,2-8,13H2,1H3,(H,14,15);1H. The molecule has 0 bridgehead atoms. The second-order valence-corrected chi connectivity index (χ2v) is 5.45. The first kappa shape index (κ1) is 13.8. The highest BCUT2D eigenvalue weighted by atomic mass is 35.5. The van der Waals surface area contributed by atoms with Gasteiger partial charge in [0.25, 0.3) is 0 Å². The second kappa shape index (κ2) is 5.37. The second-order valence-electron chi connectivity index (χ2n) is 5.45. The molecule has 2 aliphatic carbocycles. The zero-order valence-electron chi connectivity index (χ0n) is 10.00. The first-order valence-corrected chi connectivity index (χ1v) is 6.20. The Morgan fingerprint density at radius 3 is 2.50 bits per heavy atom. The summed E-state index contributed by atoms with van der Waals surface area (Å²) in [6, 6.07) is 0.377. The van der Waals surface area contributed by atoms with Crippen LogP contribution in [0.5, 0.6) is 0 Å². The number of halogens is 1. The number of nitrogens with two attached hydrogens (primary N) is 1. The van der Waals surface area contributed by atoms with Crippen molar-refractivity contribution in [3.05, 3.63) is 0 Å². The lowest BCUT2D eigenvalue weighted by Crippen LogP contribution is -2.60. The van der Waals surface area contributed by atoms with Crippen molar-refractivity contribution in [1.82, 2.24) is 5.32 Å². The normalized spacial score (nSPS) is 32.1. The summed E-state index contributed by atoms with van der Waals surface area (Å²) in [5.74, 6) is 0.840. The van der Waals surface area contributed by atoms with Crippen molar-refractivity contribution < 1.29 is 4.79 Å². The van der Waals surface area contributed by atoms with Crippen LogP contribution in [0.25, 0.3) is 0 Å². The molecule has 0 spiro atoms. The molecule has 94 valence electrons. The topological polar surface area (TPSA) is 55.1 Å². The van der Waals surface area contributed by atoms with E-state index in [0.29, 0.717) is 6.04 Å². The minimum atomic E-state index is -0.527. The molecule has 2 saturated carbocycles. The first-order valence-electron chi connectivity index (χ1n) is 6.20. The van der Waals surface area contributed by atoms with Gasteiger partial charge in [-0.15, -0.1) is 12.4 Å². The van der Waals surface area contributed by atoms with E-state index in [-0.39, 0.29) is 18.3 Å². The molecule has 16 heavy (non-hydrogen) atoms. The highest BCUT2D eigenvalue weighted by Crippen LogP contribution is 2.30. The molecule has 3 N–H and O–H groups in total. The van der Waals surface area contributed by atoms with Crippen molar-refractivity contribution >= 4 is 18.3 Å². The Morgan fingerprint density at radius 1 is 1.31 bits per heavy atom. The van der Waals surface area contributed by atoms with Crippen LogP contribution in [0, 0.1) is 5.92 Å². The van der Waals surface area contributed by atoms with Gasteiger partial charge in [0.1, 0.15) is 0 Å². The molecule has 0 heterocycles. The van der Waals surface area contributed by atoms with Crippen LogP contribution in [0.15, 0.2) is 0 Å². The Kier molecular flexibility index (Phi) is 4.62. The van der Waals surface area contributed by atoms with E-state index in [1.807, 2.05) is 0 Å². The molecule has 3 nitrogen and oxygen atoms in total. The van der Waals surface area contributed by atoms with E-state index in [1.54, 1.807) is 0 Å². The predicted molar refractivity (Wildman–Crippen MR) is 67.6 cm³/mol. The Balaban J connectivity index is 0.00000128. The average Bonchev–Trinajstić information content (AvgIpc) is 2.14. The Labute approximate surface area is 104 Å². The highest BCUT2D eigenvalue weighted by Gasteiger charge is 2.40. The van der Waals surface area contributed by atoms with Crippen LogP contribution in [0.2, 0.25) is 0 Å². The zero-order valence-corrected chi connectivity index (χ0v) is 10.8. The van der Waals surface area contributed by atoms with Crippen molar-refractivity contribution in [2.45, 2.75) is 63.5 Å². The van der Waals surface area contributed by atoms with Gasteiger partial charge in [-0.25, -0.2) is 0 Å². The summed E-state index contributed by atoms with van der Waals surface area (Å²) in [5, 5.41) is 3.13. The van der Waals surface area contributed by atoms with Gasteiger partial charge in [0.2, 0.25) is 5.91 Å². The molecule has 0 aromatic heterocycles. The summed E-state index contributed by atoms with van der Waals surface area (Å²) in [5.41, 5.74) is 5.46. The zero-order chi connectivity index (χ0) is 10.9. The third-order valence-electron chi connectivity index (χ3n) is 3.97. The van der Waals surface area contributed by atoms with Crippen LogP contribution in [0.3, 0.4) is 0 Å². The van der Waals surface area contributed by atoms with Crippen molar-refractivity contribution in [2.24, 2.45) is 11.7 Å². The Morgan fingerprint density at radius 2 is 2.00 bits per heavy atom. The lowest BCUT2D eigenvalue weighted by molar-refractivity contribution is -0.130. The van der Waals surface area contributed by atoms with Gasteiger partial charge in [0.05, 0.1) is 5.54 Å². The van der Waals surface area contributed by atoms with Crippen LogP contribution < -0.4 is 11.1 Å². The maximum Gasteiger partial charge on any atom is 0.240 e. The predicted octanol–water partition coefficient (Wildman–Crippen LogP) is 1.98. The fourth-order valence-corrected chi connectivity index (χ4v) is 2.68. The van der Waals surface area contributed by atoms with Gasteiger partial charge in [-0.1, -0.05) is 19.8 Å². The quantitative estimate of drug-likeness (QED) is 0.783. The largest absolute Gasteiger partial charge is 0.352 e. The monoisotopic (exact) mass is 246 g/mol. The number of amides is 1. The van der Waals surface area contributed by atoms with Crippen molar-refractivity contribution in [3.8, 4) is 0 Å². The van der Waals surface area contributed by atoms with Gasteiger partial charge in [0, 0.05) is 6.04 Å². The van der Waals surface area contributed by atoms with Crippen molar-refractivity contribution in [3.63, 3.8) is 0 Å². The maximum absolute atomic E-state index is 11.9. The number of rotatable bonds is 2. The molecule has 1 amide bonds. The third kappa shape index (κ3) is 2.89. The number of carbonyl (C=O) groups is 1. The smallest absolute Gasteiger partial charge is 0.240 e. The van der Waals surface area contributed by atoms with Crippen LogP contribution in [0.4, 0.5) is 0 Å². The fourth-order valence-electron chi connectivity index (χ4n) is 2.68. The Bertz CT molecular complexity index is 253.